The number of hydrogen-bond donors (Lipinski definition) is 2. The van der Waals surface area contributed by atoms with Gasteiger partial charge in [-0.15, -0.1) is 0 Å². The van der Waals surface area contributed by atoms with Crippen molar-refractivity contribution < 1.29 is 4.79 Å². The van der Waals surface area contributed by atoms with Gasteiger partial charge in [-0.3, -0.25) is 4.79 Å². The van der Waals surface area contributed by atoms with Gasteiger partial charge in [0.15, 0.2) is 0 Å². The number of nitrogens with one attached hydrogen (secondary N) is 2. The molecule has 1 fully saturated rings. The molecule has 1 aromatic rings. The fraction of sp³-hybridized carbons (Fsp3) is 0.650. The number of carbonyl (C=O) groups excluding carboxylic acids is 1. The third-order valence-electron chi connectivity index (χ3n) is 5.19. The third kappa shape index (κ3) is 5.35. The maximum absolute atomic E-state index is 12.3. The van der Waals surface area contributed by atoms with E-state index in [-0.39, 0.29) is 17.2 Å². The first-order valence-corrected chi connectivity index (χ1v) is 8.97. The Balaban J connectivity index is 1.82. The minimum absolute atomic E-state index is 0.171. The van der Waals surface area contributed by atoms with E-state index in [1.807, 2.05) is 0 Å². The molecule has 0 aliphatic carbocycles. The molecule has 3 nitrogen and oxygen atoms in total. The van der Waals surface area contributed by atoms with E-state index in [4.69, 9.17) is 0 Å². The molecule has 1 aliphatic heterocycles. The van der Waals surface area contributed by atoms with Crippen LogP contribution in [0.2, 0.25) is 0 Å². The van der Waals surface area contributed by atoms with Crippen LogP contribution in [0.15, 0.2) is 24.3 Å². The molecule has 1 atom stereocenters. The van der Waals surface area contributed by atoms with Crippen molar-refractivity contribution in [3.05, 3.63) is 35.4 Å². The summed E-state index contributed by atoms with van der Waals surface area (Å²) in [6, 6.07) is 8.71. The Kier molecular flexibility index (Phi) is 6.23. The Labute approximate surface area is 141 Å². The second kappa shape index (κ2) is 7.96. The van der Waals surface area contributed by atoms with Crippen molar-refractivity contribution in [3.63, 3.8) is 0 Å². The van der Waals surface area contributed by atoms with Crippen LogP contribution < -0.4 is 10.6 Å². The van der Waals surface area contributed by atoms with Crippen molar-refractivity contribution in [3.8, 4) is 0 Å². The van der Waals surface area contributed by atoms with Crippen LogP contribution in [0.25, 0.3) is 0 Å². The molecular formula is C20H32N2O. The zero-order chi connectivity index (χ0) is 16.9. The van der Waals surface area contributed by atoms with Crippen molar-refractivity contribution in [1.82, 2.24) is 10.6 Å². The zero-order valence-electron chi connectivity index (χ0n) is 15.1. The molecule has 1 aliphatic rings. The van der Waals surface area contributed by atoms with Crippen LogP contribution in [0.5, 0.6) is 0 Å². The van der Waals surface area contributed by atoms with Gasteiger partial charge >= 0.3 is 0 Å². The Morgan fingerprint density at radius 2 is 1.70 bits per heavy atom. The van der Waals surface area contributed by atoms with Gasteiger partial charge in [0.25, 0.3) is 0 Å². The fourth-order valence-electron chi connectivity index (χ4n) is 3.20. The smallest absolute Gasteiger partial charge is 0.220 e. The molecule has 0 aromatic heterocycles. The van der Waals surface area contributed by atoms with Crippen molar-refractivity contribution in [2.75, 3.05) is 19.6 Å². The Morgan fingerprint density at radius 1 is 1.13 bits per heavy atom. The van der Waals surface area contributed by atoms with Crippen LogP contribution in [-0.4, -0.2) is 25.5 Å². The summed E-state index contributed by atoms with van der Waals surface area (Å²) in [5.74, 6) is 0.982. The van der Waals surface area contributed by atoms with E-state index in [0.717, 1.165) is 32.5 Å². The number of rotatable bonds is 6. The molecule has 1 saturated heterocycles. The van der Waals surface area contributed by atoms with E-state index in [1.54, 1.807) is 0 Å². The summed E-state index contributed by atoms with van der Waals surface area (Å²) in [7, 11) is 0. The highest BCUT2D eigenvalue weighted by Crippen LogP contribution is 2.27. The number of hydrogen-bond acceptors (Lipinski definition) is 2. The average Bonchev–Trinajstić information content (AvgIpc) is 2.54. The quantitative estimate of drug-likeness (QED) is 0.838. The maximum Gasteiger partial charge on any atom is 0.220 e. The average molecular weight is 316 g/mol. The molecule has 0 spiro atoms. The van der Waals surface area contributed by atoms with Crippen molar-refractivity contribution in [1.29, 1.82) is 0 Å². The molecule has 0 radical (unpaired) electrons. The summed E-state index contributed by atoms with van der Waals surface area (Å²) in [6.07, 6.45) is 2.84. The van der Waals surface area contributed by atoms with Crippen LogP contribution in [0, 0.1) is 5.41 Å². The molecule has 1 heterocycles. The summed E-state index contributed by atoms with van der Waals surface area (Å²) < 4.78 is 0. The zero-order valence-corrected chi connectivity index (χ0v) is 15.1. The molecule has 1 unspecified atom stereocenters. The summed E-state index contributed by atoms with van der Waals surface area (Å²) in [4.78, 5) is 12.3. The molecule has 0 saturated carbocycles. The first-order valence-electron chi connectivity index (χ1n) is 8.97. The Bertz CT molecular complexity index is 501. The second-order valence-electron chi connectivity index (χ2n) is 7.76. The largest absolute Gasteiger partial charge is 0.356 e. The lowest BCUT2D eigenvalue weighted by Gasteiger charge is -2.34. The molecule has 1 aromatic carbocycles. The van der Waals surface area contributed by atoms with Gasteiger partial charge in [-0.2, -0.15) is 0 Å². The normalized spacial score (nSPS) is 18.7. The molecule has 1 amide bonds. The molecule has 2 rings (SSSR count). The first kappa shape index (κ1) is 18.0. The van der Waals surface area contributed by atoms with Gasteiger partial charge in [-0.1, -0.05) is 52.0 Å². The van der Waals surface area contributed by atoms with Gasteiger partial charge in [0.1, 0.15) is 0 Å². The van der Waals surface area contributed by atoms with E-state index < -0.39 is 0 Å². The topological polar surface area (TPSA) is 41.1 Å². The fourth-order valence-corrected chi connectivity index (χ4v) is 3.20. The van der Waals surface area contributed by atoms with Gasteiger partial charge in [-0.25, -0.2) is 0 Å². The van der Waals surface area contributed by atoms with Crippen LogP contribution in [0.3, 0.4) is 0 Å². The van der Waals surface area contributed by atoms with Gasteiger partial charge in [0.05, 0.1) is 0 Å². The van der Waals surface area contributed by atoms with Crippen LogP contribution >= 0.6 is 0 Å². The Hall–Kier alpha value is -1.35. The van der Waals surface area contributed by atoms with Crippen molar-refractivity contribution in [2.45, 2.75) is 58.8 Å². The highest BCUT2D eigenvalue weighted by atomic mass is 16.1. The van der Waals surface area contributed by atoms with Crippen molar-refractivity contribution >= 4 is 5.91 Å². The summed E-state index contributed by atoms with van der Waals surface area (Å²) >= 11 is 0. The van der Waals surface area contributed by atoms with E-state index in [0.29, 0.717) is 12.3 Å². The number of carbonyl (C=O) groups is 1. The highest BCUT2D eigenvalue weighted by Gasteiger charge is 2.27. The standard InChI is InChI=1S/C20H32N2O/c1-15(2)17-5-7-18(8-6-17)16(3)13-19(23)22-14-20(4)9-11-21-12-10-20/h5-8,15-16,21H,9-14H2,1-4H3,(H,22,23). The van der Waals surface area contributed by atoms with E-state index >= 15 is 0 Å². The second-order valence-corrected chi connectivity index (χ2v) is 7.76. The molecule has 23 heavy (non-hydrogen) atoms. The number of benzene rings is 1. The lowest BCUT2D eigenvalue weighted by atomic mass is 9.81. The van der Waals surface area contributed by atoms with E-state index in [1.165, 1.54) is 11.1 Å². The SMILES string of the molecule is CC(C)c1ccc(C(C)CC(=O)NCC2(C)CCNCC2)cc1. The molecule has 2 N–H and O–H groups in total. The molecule has 0 bridgehead atoms. The highest BCUT2D eigenvalue weighted by molar-refractivity contribution is 5.76. The summed E-state index contributed by atoms with van der Waals surface area (Å²) in [6.45, 7) is 11.7. The van der Waals surface area contributed by atoms with Crippen LogP contribution in [0.1, 0.15) is 69.9 Å². The molecule has 128 valence electrons. The third-order valence-corrected chi connectivity index (χ3v) is 5.19. The van der Waals surface area contributed by atoms with Crippen LogP contribution in [-0.2, 0) is 4.79 Å². The minimum atomic E-state index is 0.171. The van der Waals surface area contributed by atoms with E-state index in [2.05, 4.69) is 62.6 Å². The first-order chi connectivity index (χ1) is 10.9. The lowest BCUT2D eigenvalue weighted by molar-refractivity contribution is -0.122. The number of piperidine rings is 1. The van der Waals surface area contributed by atoms with Gasteiger partial charge < -0.3 is 10.6 Å². The van der Waals surface area contributed by atoms with Gasteiger partial charge in [0.2, 0.25) is 5.91 Å². The molecular weight excluding hydrogens is 284 g/mol. The Morgan fingerprint density at radius 3 is 2.26 bits per heavy atom. The van der Waals surface area contributed by atoms with Gasteiger partial charge in [0, 0.05) is 13.0 Å². The predicted molar refractivity (Wildman–Crippen MR) is 96.8 cm³/mol. The molecule has 3 heteroatoms. The predicted octanol–water partition coefficient (Wildman–Crippen LogP) is 3.81. The summed E-state index contributed by atoms with van der Waals surface area (Å²) in [5.41, 5.74) is 2.85. The van der Waals surface area contributed by atoms with Crippen molar-refractivity contribution in [2.24, 2.45) is 5.41 Å². The maximum atomic E-state index is 12.3. The lowest BCUT2D eigenvalue weighted by Crippen LogP contribution is -2.43. The summed E-state index contributed by atoms with van der Waals surface area (Å²) in [5, 5.41) is 6.54. The minimum Gasteiger partial charge on any atom is -0.356 e. The van der Waals surface area contributed by atoms with Crippen LogP contribution in [0.4, 0.5) is 0 Å². The van der Waals surface area contributed by atoms with E-state index in [9.17, 15) is 4.79 Å². The monoisotopic (exact) mass is 316 g/mol. The van der Waals surface area contributed by atoms with Gasteiger partial charge in [-0.05, 0) is 54.3 Å². The number of amides is 1.